The van der Waals surface area contributed by atoms with E-state index in [-0.39, 0.29) is 6.04 Å². The number of thiophene rings is 1. The Bertz CT molecular complexity index is 503. The molecule has 1 fully saturated rings. The van der Waals surface area contributed by atoms with Gasteiger partial charge in [-0.25, -0.2) is 13.1 Å². The molecular weight excluding hydrogens is 358 g/mol. The topological polar surface area (TPSA) is 46.2 Å². The summed E-state index contributed by atoms with van der Waals surface area (Å²) in [5.41, 5.74) is 0. The number of hydrogen-bond acceptors (Lipinski definition) is 3. The summed E-state index contributed by atoms with van der Waals surface area (Å²) in [5.74, 6) is 0.379. The zero-order valence-electron chi connectivity index (χ0n) is 9.73. The fraction of sp³-hybridized carbons (Fsp3) is 0.636. The summed E-state index contributed by atoms with van der Waals surface area (Å²) in [6.07, 6.45) is 4.25. The number of hydrogen-bond donors (Lipinski definition) is 1. The molecule has 1 aliphatic carbocycles. The first kappa shape index (κ1) is 14.8. The van der Waals surface area contributed by atoms with Crippen LogP contribution in [0.5, 0.6) is 0 Å². The van der Waals surface area contributed by atoms with Crippen LogP contribution in [0.3, 0.4) is 0 Å². The lowest BCUT2D eigenvalue weighted by Crippen LogP contribution is -2.42. The zero-order valence-corrected chi connectivity index (χ0v) is 13.7. The van der Waals surface area contributed by atoms with Gasteiger partial charge in [-0.3, -0.25) is 0 Å². The van der Waals surface area contributed by atoms with E-state index in [1.165, 1.54) is 6.42 Å². The molecule has 0 radical (unpaired) electrons. The third-order valence-electron chi connectivity index (χ3n) is 3.23. The van der Waals surface area contributed by atoms with Crippen LogP contribution >= 0.6 is 38.9 Å². The molecule has 2 rings (SSSR count). The number of sulfonamides is 1. The van der Waals surface area contributed by atoms with Gasteiger partial charge < -0.3 is 0 Å². The van der Waals surface area contributed by atoms with Gasteiger partial charge in [0, 0.05) is 11.4 Å². The van der Waals surface area contributed by atoms with Gasteiger partial charge in [-0.05, 0) is 30.9 Å². The molecule has 0 spiro atoms. The second kappa shape index (κ2) is 6.22. The number of rotatable bonds is 4. The standard InChI is InChI=1S/C11H15BrClNO2S2/c12-7-8-3-1-2-4-9(8)14-18(15,16)11-6-5-10(13)17-11/h5-6,8-9,14H,1-4,7H2. The van der Waals surface area contributed by atoms with Crippen molar-refractivity contribution in [3.05, 3.63) is 16.5 Å². The van der Waals surface area contributed by atoms with Crippen LogP contribution in [-0.2, 0) is 10.0 Å². The molecule has 1 saturated carbocycles. The van der Waals surface area contributed by atoms with Gasteiger partial charge in [-0.2, -0.15) is 0 Å². The predicted octanol–water partition coefficient (Wildman–Crippen LogP) is 3.63. The van der Waals surface area contributed by atoms with E-state index in [2.05, 4.69) is 20.7 Å². The SMILES string of the molecule is O=S(=O)(NC1CCCCC1CBr)c1ccc(Cl)s1. The molecule has 0 saturated heterocycles. The Kier molecular flexibility index (Phi) is 5.11. The highest BCUT2D eigenvalue weighted by molar-refractivity contribution is 9.09. The molecule has 2 atom stereocenters. The van der Waals surface area contributed by atoms with Crippen LogP contribution in [0.2, 0.25) is 4.34 Å². The minimum atomic E-state index is -3.42. The minimum Gasteiger partial charge on any atom is -0.207 e. The minimum absolute atomic E-state index is 0.0315. The highest BCUT2D eigenvalue weighted by Crippen LogP contribution is 2.29. The van der Waals surface area contributed by atoms with E-state index in [1.807, 2.05) is 0 Å². The van der Waals surface area contributed by atoms with Crippen molar-refractivity contribution < 1.29 is 8.42 Å². The fourth-order valence-electron chi connectivity index (χ4n) is 2.25. The van der Waals surface area contributed by atoms with Crippen LogP contribution in [0.15, 0.2) is 16.3 Å². The summed E-state index contributed by atoms with van der Waals surface area (Å²) in [4.78, 5) is 0. The Morgan fingerprint density at radius 3 is 2.72 bits per heavy atom. The van der Waals surface area contributed by atoms with Gasteiger partial charge in [0.1, 0.15) is 4.21 Å². The monoisotopic (exact) mass is 371 g/mol. The molecule has 0 aromatic carbocycles. The molecule has 1 N–H and O–H groups in total. The molecule has 1 heterocycles. The summed E-state index contributed by atoms with van der Waals surface area (Å²) in [7, 11) is -3.42. The average Bonchev–Trinajstić information content (AvgIpc) is 2.77. The van der Waals surface area contributed by atoms with Crippen molar-refractivity contribution in [1.82, 2.24) is 4.72 Å². The van der Waals surface area contributed by atoms with E-state index in [1.54, 1.807) is 12.1 Å². The van der Waals surface area contributed by atoms with Crippen molar-refractivity contribution in [3.8, 4) is 0 Å². The maximum absolute atomic E-state index is 12.2. The molecule has 0 aliphatic heterocycles. The van der Waals surface area contributed by atoms with E-state index in [9.17, 15) is 8.42 Å². The lowest BCUT2D eigenvalue weighted by molar-refractivity contribution is 0.317. The van der Waals surface area contributed by atoms with Gasteiger partial charge in [-0.15, -0.1) is 11.3 Å². The number of nitrogens with one attached hydrogen (secondary N) is 1. The lowest BCUT2D eigenvalue weighted by atomic mass is 9.87. The molecule has 3 nitrogen and oxygen atoms in total. The van der Waals surface area contributed by atoms with Gasteiger partial charge in [0.15, 0.2) is 0 Å². The van der Waals surface area contributed by atoms with Crippen molar-refractivity contribution in [2.24, 2.45) is 5.92 Å². The van der Waals surface area contributed by atoms with E-state index in [0.29, 0.717) is 14.5 Å². The summed E-state index contributed by atoms with van der Waals surface area (Å²) < 4.78 is 28.0. The summed E-state index contributed by atoms with van der Waals surface area (Å²) >= 11 is 10.3. The highest BCUT2D eigenvalue weighted by atomic mass is 79.9. The number of halogens is 2. The van der Waals surface area contributed by atoms with Gasteiger partial charge in [0.05, 0.1) is 4.34 Å². The molecule has 7 heteroatoms. The highest BCUT2D eigenvalue weighted by Gasteiger charge is 2.29. The molecular formula is C11H15BrClNO2S2. The largest absolute Gasteiger partial charge is 0.250 e. The Balaban J connectivity index is 2.12. The van der Waals surface area contributed by atoms with Crippen molar-refractivity contribution >= 4 is 48.9 Å². The lowest BCUT2D eigenvalue weighted by Gasteiger charge is -2.30. The van der Waals surface area contributed by atoms with E-state index >= 15 is 0 Å². The van der Waals surface area contributed by atoms with Gasteiger partial charge in [-0.1, -0.05) is 40.4 Å². The van der Waals surface area contributed by atoms with E-state index in [0.717, 1.165) is 35.9 Å². The third-order valence-corrected chi connectivity index (χ3v) is 7.27. The second-order valence-electron chi connectivity index (χ2n) is 4.49. The van der Waals surface area contributed by atoms with Crippen LogP contribution in [0, 0.1) is 5.92 Å². The first-order valence-electron chi connectivity index (χ1n) is 5.86. The van der Waals surface area contributed by atoms with E-state index < -0.39 is 10.0 Å². The Hall–Kier alpha value is 0.380. The van der Waals surface area contributed by atoms with Gasteiger partial charge >= 0.3 is 0 Å². The molecule has 2 unspecified atom stereocenters. The van der Waals surface area contributed by atoms with Crippen LogP contribution < -0.4 is 4.72 Å². The third kappa shape index (κ3) is 3.48. The van der Waals surface area contributed by atoms with Crippen LogP contribution in [-0.4, -0.2) is 19.8 Å². The normalized spacial score (nSPS) is 25.2. The van der Waals surface area contributed by atoms with Crippen molar-refractivity contribution in [3.63, 3.8) is 0 Å². The molecule has 0 bridgehead atoms. The predicted molar refractivity (Wildman–Crippen MR) is 79.2 cm³/mol. The molecule has 18 heavy (non-hydrogen) atoms. The molecule has 1 aliphatic rings. The van der Waals surface area contributed by atoms with Crippen LogP contribution in [0.4, 0.5) is 0 Å². The molecule has 102 valence electrons. The summed E-state index contributed by atoms with van der Waals surface area (Å²) in [6, 6.07) is 3.20. The van der Waals surface area contributed by atoms with Gasteiger partial charge in [0.2, 0.25) is 10.0 Å². The Morgan fingerprint density at radius 1 is 1.39 bits per heavy atom. The molecule has 1 aromatic rings. The molecule has 1 aromatic heterocycles. The maximum atomic E-state index is 12.2. The number of alkyl halides is 1. The molecule has 0 amide bonds. The zero-order chi connectivity index (χ0) is 13.2. The quantitative estimate of drug-likeness (QED) is 0.820. The first-order valence-corrected chi connectivity index (χ1v) is 9.66. The Labute approximate surface area is 125 Å². The van der Waals surface area contributed by atoms with Crippen molar-refractivity contribution in [2.45, 2.75) is 35.9 Å². The summed E-state index contributed by atoms with van der Waals surface area (Å²) in [5, 5.41) is 0.839. The summed E-state index contributed by atoms with van der Waals surface area (Å²) in [6.45, 7) is 0. The second-order valence-corrected chi connectivity index (χ2v) is 8.79. The van der Waals surface area contributed by atoms with Crippen molar-refractivity contribution in [1.29, 1.82) is 0 Å². The first-order chi connectivity index (χ1) is 8.53. The fourth-order valence-corrected chi connectivity index (χ4v) is 5.86. The van der Waals surface area contributed by atoms with Gasteiger partial charge in [0.25, 0.3) is 0 Å². The maximum Gasteiger partial charge on any atom is 0.250 e. The van der Waals surface area contributed by atoms with Crippen LogP contribution in [0.1, 0.15) is 25.7 Å². The van der Waals surface area contributed by atoms with Crippen molar-refractivity contribution in [2.75, 3.05) is 5.33 Å². The Morgan fingerprint density at radius 2 is 2.11 bits per heavy atom. The average molecular weight is 373 g/mol. The smallest absolute Gasteiger partial charge is 0.207 e. The van der Waals surface area contributed by atoms with Crippen LogP contribution in [0.25, 0.3) is 0 Å². The van der Waals surface area contributed by atoms with E-state index in [4.69, 9.17) is 11.6 Å².